The molecule has 5 nitrogen and oxygen atoms in total. The molecule has 1 aromatic heterocycles. The number of benzene rings is 1. The zero-order valence-corrected chi connectivity index (χ0v) is 21.0. The summed E-state index contributed by atoms with van der Waals surface area (Å²) in [5.74, 6) is 0.559. The highest BCUT2D eigenvalue weighted by molar-refractivity contribution is 14.0. The molecule has 2 N–H and O–H groups in total. The zero-order chi connectivity index (χ0) is 20.6. The summed E-state index contributed by atoms with van der Waals surface area (Å²) >= 11 is 1.83. The molecule has 30 heavy (non-hydrogen) atoms. The van der Waals surface area contributed by atoms with Crippen molar-refractivity contribution < 1.29 is 9.13 Å². The molecule has 1 aromatic carbocycles. The molecule has 0 amide bonds. The summed E-state index contributed by atoms with van der Waals surface area (Å²) < 4.78 is 19.3. The van der Waals surface area contributed by atoms with Crippen molar-refractivity contribution >= 4 is 41.3 Å². The second kappa shape index (κ2) is 12.6. The van der Waals surface area contributed by atoms with Gasteiger partial charge in [-0.1, -0.05) is 12.1 Å². The highest BCUT2D eigenvalue weighted by Crippen LogP contribution is 2.22. The number of morpholine rings is 1. The largest absolute Gasteiger partial charge is 0.379 e. The number of nitrogens with one attached hydrogen (secondary N) is 2. The lowest BCUT2D eigenvalue weighted by atomic mass is 10.0. The number of aliphatic imine (C=N–C) groups is 1. The number of hydrogen-bond acceptors (Lipinski definition) is 4. The molecule has 1 aliphatic heterocycles. The minimum atomic E-state index is -0.205. The molecule has 1 saturated heterocycles. The lowest BCUT2D eigenvalue weighted by Crippen LogP contribution is -2.48. The molecule has 2 heterocycles. The van der Waals surface area contributed by atoms with E-state index in [1.807, 2.05) is 17.4 Å². The first-order valence-electron chi connectivity index (χ1n) is 10.1. The lowest BCUT2D eigenvalue weighted by Gasteiger charge is -2.35. The minimum Gasteiger partial charge on any atom is -0.379 e. The van der Waals surface area contributed by atoms with Gasteiger partial charge in [-0.2, -0.15) is 0 Å². The molecule has 0 saturated carbocycles. The average molecular weight is 546 g/mol. The van der Waals surface area contributed by atoms with Crippen molar-refractivity contribution in [3.63, 3.8) is 0 Å². The molecule has 8 heteroatoms. The van der Waals surface area contributed by atoms with Crippen LogP contribution in [-0.2, 0) is 11.2 Å². The summed E-state index contributed by atoms with van der Waals surface area (Å²) in [5.41, 5.74) is 0.969. The number of aryl methyl sites for hydroxylation is 1. The highest BCUT2D eigenvalue weighted by atomic mass is 127. The molecule has 166 valence electrons. The van der Waals surface area contributed by atoms with E-state index in [2.05, 4.69) is 46.5 Å². The maximum absolute atomic E-state index is 13.8. The average Bonchev–Trinajstić information content (AvgIpc) is 3.12. The third-order valence-electron chi connectivity index (χ3n) is 5.09. The second-order valence-corrected chi connectivity index (χ2v) is 8.81. The Bertz CT molecular complexity index is 810. The summed E-state index contributed by atoms with van der Waals surface area (Å²) in [5, 5.41) is 6.92. The molecule has 2 atom stereocenters. The Hall–Kier alpha value is -1.23. The van der Waals surface area contributed by atoms with Gasteiger partial charge in [0.05, 0.1) is 19.3 Å². The summed E-state index contributed by atoms with van der Waals surface area (Å²) in [6, 6.07) is 11.5. The van der Waals surface area contributed by atoms with Gasteiger partial charge in [-0.15, -0.1) is 35.3 Å². The van der Waals surface area contributed by atoms with Gasteiger partial charge in [-0.05, 0) is 43.7 Å². The van der Waals surface area contributed by atoms with Crippen molar-refractivity contribution in [2.24, 2.45) is 4.99 Å². The first-order chi connectivity index (χ1) is 14.0. The van der Waals surface area contributed by atoms with E-state index >= 15 is 0 Å². The fraction of sp³-hybridized carbons (Fsp3) is 0.500. The van der Waals surface area contributed by atoms with Crippen molar-refractivity contribution in [1.29, 1.82) is 0 Å². The van der Waals surface area contributed by atoms with E-state index in [4.69, 9.17) is 4.74 Å². The first-order valence-corrected chi connectivity index (χ1v) is 11.0. The summed E-state index contributed by atoms with van der Waals surface area (Å²) in [7, 11) is 1.78. The molecule has 2 unspecified atom stereocenters. The van der Waals surface area contributed by atoms with Crippen molar-refractivity contribution in [2.75, 3.05) is 39.9 Å². The fourth-order valence-corrected chi connectivity index (χ4v) is 4.65. The van der Waals surface area contributed by atoms with Crippen LogP contribution in [0.5, 0.6) is 0 Å². The smallest absolute Gasteiger partial charge is 0.191 e. The van der Waals surface area contributed by atoms with Crippen LogP contribution in [0, 0.1) is 12.7 Å². The van der Waals surface area contributed by atoms with Crippen molar-refractivity contribution in [3.8, 4) is 0 Å². The van der Waals surface area contributed by atoms with Gasteiger partial charge >= 0.3 is 0 Å². The Balaban J connectivity index is 0.00000320. The Morgan fingerprint density at radius 2 is 2.03 bits per heavy atom. The van der Waals surface area contributed by atoms with Crippen LogP contribution in [0.1, 0.15) is 28.3 Å². The van der Waals surface area contributed by atoms with Crippen LogP contribution < -0.4 is 10.6 Å². The van der Waals surface area contributed by atoms with Gasteiger partial charge in [0.2, 0.25) is 0 Å². The van der Waals surface area contributed by atoms with Crippen molar-refractivity contribution in [3.05, 3.63) is 57.5 Å². The number of ether oxygens (including phenoxy) is 1. The predicted molar refractivity (Wildman–Crippen MR) is 134 cm³/mol. The van der Waals surface area contributed by atoms with Crippen LogP contribution in [0.3, 0.4) is 0 Å². The van der Waals surface area contributed by atoms with Crippen LogP contribution >= 0.6 is 35.3 Å². The number of guanidine groups is 1. The van der Waals surface area contributed by atoms with Crippen molar-refractivity contribution in [1.82, 2.24) is 15.5 Å². The van der Waals surface area contributed by atoms with Gasteiger partial charge in [-0.3, -0.25) is 9.89 Å². The van der Waals surface area contributed by atoms with Gasteiger partial charge in [0.15, 0.2) is 5.96 Å². The molecule has 2 aromatic rings. The lowest BCUT2D eigenvalue weighted by molar-refractivity contribution is 0.0169. The third kappa shape index (κ3) is 7.47. The fourth-order valence-electron chi connectivity index (χ4n) is 3.63. The number of rotatable bonds is 7. The number of thiophene rings is 1. The molecule has 0 spiro atoms. The van der Waals surface area contributed by atoms with Crippen LogP contribution in [0.4, 0.5) is 4.39 Å². The summed E-state index contributed by atoms with van der Waals surface area (Å²) in [6.45, 7) is 8.02. The molecule has 1 fully saturated rings. The predicted octanol–water partition coefficient (Wildman–Crippen LogP) is 3.98. The minimum absolute atomic E-state index is 0. The molecule has 0 radical (unpaired) electrons. The van der Waals surface area contributed by atoms with Crippen LogP contribution in [-0.4, -0.2) is 56.8 Å². The Kier molecular flexibility index (Phi) is 10.5. The Morgan fingerprint density at radius 1 is 1.27 bits per heavy atom. The van der Waals surface area contributed by atoms with E-state index in [0.717, 1.165) is 31.0 Å². The van der Waals surface area contributed by atoms with E-state index in [9.17, 15) is 4.39 Å². The standard InChI is InChI=1S/C22H31FN4OS.HI/c1-16(13-20-8-7-17(2)29-20)26-22(24-3)25-15-21(27-9-11-28-12-10-27)18-5-4-6-19(23)14-18;/h4-8,14,16,21H,9-13,15H2,1-3H3,(H2,24,25,26);1H. The molecular formula is C22H32FIN4OS. The van der Waals surface area contributed by atoms with Crippen LogP contribution in [0.2, 0.25) is 0 Å². The van der Waals surface area contributed by atoms with Crippen molar-refractivity contribution in [2.45, 2.75) is 32.4 Å². The van der Waals surface area contributed by atoms with E-state index in [1.54, 1.807) is 19.2 Å². The third-order valence-corrected chi connectivity index (χ3v) is 6.12. The van der Waals surface area contributed by atoms with Crippen LogP contribution in [0.15, 0.2) is 41.4 Å². The highest BCUT2D eigenvalue weighted by Gasteiger charge is 2.23. The Labute approximate surface area is 200 Å². The van der Waals surface area contributed by atoms with E-state index in [-0.39, 0.29) is 41.9 Å². The maximum Gasteiger partial charge on any atom is 0.191 e. The van der Waals surface area contributed by atoms with E-state index in [0.29, 0.717) is 19.8 Å². The summed E-state index contributed by atoms with van der Waals surface area (Å²) in [6.07, 6.45) is 0.954. The first kappa shape index (κ1) is 25.0. The van der Waals surface area contributed by atoms with Gasteiger partial charge < -0.3 is 15.4 Å². The van der Waals surface area contributed by atoms with E-state index in [1.165, 1.54) is 15.8 Å². The van der Waals surface area contributed by atoms with Crippen LogP contribution in [0.25, 0.3) is 0 Å². The second-order valence-electron chi connectivity index (χ2n) is 7.43. The molecule has 1 aliphatic rings. The topological polar surface area (TPSA) is 48.9 Å². The zero-order valence-electron chi connectivity index (χ0n) is 17.9. The summed E-state index contributed by atoms with van der Waals surface area (Å²) in [4.78, 5) is 9.42. The number of nitrogens with zero attached hydrogens (tertiary/aromatic N) is 2. The Morgan fingerprint density at radius 3 is 2.67 bits per heavy atom. The molecule has 0 bridgehead atoms. The maximum atomic E-state index is 13.8. The monoisotopic (exact) mass is 546 g/mol. The van der Waals surface area contributed by atoms with Gasteiger partial charge in [-0.25, -0.2) is 4.39 Å². The quantitative estimate of drug-likeness (QED) is 0.314. The molecule has 3 rings (SSSR count). The SMILES string of the molecule is CN=C(NCC(c1cccc(F)c1)N1CCOCC1)NC(C)Cc1ccc(C)s1.I. The molecule has 0 aliphatic carbocycles. The van der Waals surface area contributed by atoms with E-state index < -0.39 is 0 Å². The number of hydrogen-bond donors (Lipinski definition) is 2. The molecular weight excluding hydrogens is 514 g/mol. The van der Waals surface area contributed by atoms with Gasteiger partial charge in [0.1, 0.15) is 5.82 Å². The van der Waals surface area contributed by atoms with Gasteiger partial charge in [0, 0.05) is 48.9 Å². The normalized spacial score (nSPS) is 17.1. The van der Waals surface area contributed by atoms with Gasteiger partial charge in [0.25, 0.3) is 0 Å². The number of halogens is 2.